The summed E-state index contributed by atoms with van der Waals surface area (Å²) in [5.74, 6) is -0.757. The van der Waals surface area contributed by atoms with Crippen LogP contribution in [0.1, 0.15) is 47.1 Å². The van der Waals surface area contributed by atoms with Crippen LogP contribution in [0, 0.1) is 0 Å². The molecule has 0 amide bonds. The lowest BCUT2D eigenvalue weighted by Crippen LogP contribution is -2.17. The maximum atomic E-state index is 11.6. The van der Waals surface area contributed by atoms with Gasteiger partial charge in [-0.1, -0.05) is 0 Å². The zero-order chi connectivity index (χ0) is 13.6. The van der Waals surface area contributed by atoms with E-state index in [1.54, 1.807) is 4.68 Å². The van der Waals surface area contributed by atoms with E-state index in [-0.39, 0.29) is 23.2 Å². The summed E-state index contributed by atoms with van der Waals surface area (Å²) in [4.78, 5) is 11.2. The van der Waals surface area contributed by atoms with E-state index in [1.807, 2.05) is 0 Å². The topological polar surface area (TPSA) is 89.3 Å². The lowest BCUT2D eigenvalue weighted by Gasteiger charge is -2.17. The minimum Gasteiger partial charge on any atom is -0.476 e. The quantitative estimate of drug-likeness (QED) is 0.868. The molecule has 2 aliphatic rings. The molecule has 19 heavy (non-hydrogen) atoms. The van der Waals surface area contributed by atoms with Crippen molar-refractivity contribution in [3.8, 4) is 0 Å². The van der Waals surface area contributed by atoms with Crippen LogP contribution >= 0.6 is 0 Å². The van der Waals surface area contributed by atoms with Crippen molar-refractivity contribution >= 4 is 15.8 Å². The molecular formula is C12H16N2O4S. The molecule has 0 bridgehead atoms. The van der Waals surface area contributed by atoms with Gasteiger partial charge in [0, 0.05) is 11.3 Å². The van der Waals surface area contributed by atoms with Crippen LogP contribution in [0.4, 0.5) is 0 Å². The highest BCUT2D eigenvalue weighted by Gasteiger charge is 2.34. The molecule has 6 nitrogen and oxygen atoms in total. The molecule has 0 saturated carbocycles. The smallest absolute Gasteiger partial charge is 0.356 e. The van der Waals surface area contributed by atoms with E-state index in [1.165, 1.54) is 0 Å². The fraction of sp³-hybridized carbons (Fsp3) is 0.667. The summed E-state index contributed by atoms with van der Waals surface area (Å²) in [6.45, 7) is 0. The molecule has 1 atom stereocenters. The van der Waals surface area contributed by atoms with Gasteiger partial charge in [0.15, 0.2) is 15.5 Å². The first kappa shape index (κ1) is 12.7. The van der Waals surface area contributed by atoms with E-state index in [0.717, 1.165) is 36.9 Å². The van der Waals surface area contributed by atoms with Crippen molar-refractivity contribution in [3.63, 3.8) is 0 Å². The van der Waals surface area contributed by atoms with Gasteiger partial charge in [0.05, 0.1) is 17.5 Å². The summed E-state index contributed by atoms with van der Waals surface area (Å²) in [5.41, 5.74) is 1.85. The second kappa shape index (κ2) is 4.33. The minimum atomic E-state index is -2.99. The number of sulfone groups is 1. The molecule has 104 valence electrons. The Balaban J connectivity index is 2.05. The molecule has 1 unspecified atom stereocenters. The number of hydrogen-bond acceptors (Lipinski definition) is 4. The number of nitrogens with zero attached hydrogens (tertiary/aromatic N) is 2. The van der Waals surface area contributed by atoms with Gasteiger partial charge >= 0.3 is 5.97 Å². The van der Waals surface area contributed by atoms with Crippen LogP contribution in [-0.4, -0.2) is 40.8 Å². The van der Waals surface area contributed by atoms with Crippen LogP contribution in [-0.2, 0) is 22.7 Å². The predicted octanol–water partition coefficient (Wildman–Crippen LogP) is 0.820. The number of carboxylic acids is 1. The van der Waals surface area contributed by atoms with Gasteiger partial charge in [0.2, 0.25) is 0 Å². The molecule has 1 aliphatic heterocycles. The maximum Gasteiger partial charge on any atom is 0.356 e. The Morgan fingerprint density at radius 3 is 2.68 bits per heavy atom. The summed E-state index contributed by atoms with van der Waals surface area (Å²) in [6.07, 6.45) is 4.05. The van der Waals surface area contributed by atoms with Crippen molar-refractivity contribution in [1.29, 1.82) is 0 Å². The van der Waals surface area contributed by atoms with Crippen molar-refractivity contribution in [2.45, 2.75) is 38.1 Å². The van der Waals surface area contributed by atoms with E-state index >= 15 is 0 Å². The van der Waals surface area contributed by atoms with Crippen molar-refractivity contribution < 1.29 is 18.3 Å². The van der Waals surface area contributed by atoms with Crippen molar-refractivity contribution in [2.75, 3.05) is 11.5 Å². The number of aromatic nitrogens is 2. The summed E-state index contributed by atoms with van der Waals surface area (Å²) < 4.78 is 24.8. The highest BCUT2D eigenvalue weighted by Crippen LogP contribution is 2.31. The zero-order valence-electron chi connectivity index (χ0n) is 10.5. The maximum absolute atomic E-state index is 11.6. The molecule has 1 aromatic heterocycles. The number of fused-ring (bicyclic) bond motifs is 1. The Bertz CT molecular complexity index is 632. The molecule has 1 fully saturated rings. The molecule has 1 N–H and O–H groups in total. The minimum absolute atomic E-state index is 0.0835. The molecule has 0 spiro atoms. The number of aromatic carboxylic acids is 1. The van der Waals surface area contributed by atoms with Gasteiger partial charge in [0.1, 0.15) is 0 Å². The van der Waals surface area contributed by atoms with Crippen molar-refractivity contribution in [2.24, 2.45) is 0 Å². The van der Waals surface area contributed by atoms with Crippen LogP contribution < -0.4 is 0 Å². The first-order valence-electron chi connectivity index (χ1n) is 6.52. The zero-order valence-corrected chi connectivity index (χ0v) is 11.3. The highest BCUT2D eigenvalue weighted by molar-refractivity contribution is 7.91. The van der Waals surface area contributed by atoms with Crippen molar-refractivity contribution in [1.82, 2.24) is 9.78 Å². The van der Waals surface area contributed by atoms with Gasteiger partial charge in [-0.05, 0) is 32.1 Å². The number of carbonyl (C=O) groups is 1. The van der Waals surface area contributed by atoms with E-state index in [0.29, 0.717) is 6.42 Å². The molecule has 1 saturated heterocycles. The molecule has 0 radical (unpaired) electrons. The van der Waals surface area contributed by atoms with Crippen LogP contribution in [0.25, 0.3) is 0 Å². The molecule has 3 rings (SSSR count). The third-order valence-electron chi connectivity index (χ3n) is 3.97. The molecule has 2 heterocycles. The van der Waals surface area contributed by atoms with Gasteiger partial charge in [-0.2, -0.15) is 5.10 Å². The van der Waals surface area contributed by atoms with Crippen molar-refractivity contribution in [3.05, 3.63) is 17.0 Å². The predicted molar refractivity (Wildman–Crippen MR) is 68.1 cm³/mol. The first-order chi connectivity index (χ1) is 8.98. The van der Waals surface area contributed by atoms with Crippen LogP contribution in [0.15, 0.2) is 0 Å². The van der Waals surface area contributed by atoms with Gasteiger partial charge in [0.25, 0.3) is 0 Å². The van der Waals surface area contributed by atoms with Crippen LogP contribution in [0.2, 0.25) is 0 Å². The molecule has 1 aromatic rings. The fourth-order valence-electron chi connectivity index (χ4n) is 3.07. The number of rotatable bonds is 2. The van der Waals surface area contributed by atoms with Gasteiger partial charge in [-0.25, -0.2) is 13.2 Å². The highest BCUT2D eigenvalue weighted by atomic mass is 32.2. The Morgan fingerprint density at radius 2 is 2.05 bits per heavy atom. The van der Waals surface area contributed by atoms with Gasteiger partial charge in [-0.3, -0.25) is 4.68 Å². The summed E-state index contributed by atoms with van der Waals surface area (Å²) in [6, 6.07) is -0.190. The van der Waals surface area contributed by atoms with Gasteiger partial charge in [-0.15, -0.1) is 0 Å². The number of hydrogen-bond donors (Lipinski definition) is 1. The van der Waals surface area contributed by atoms with Gasteiger partial charge < -0.3 is 5.11 Å². The second-order valence-electron chi connectivity index (χ2n) is 5.29. The lowest BCUT2D eigenvalue weighted by atomic mass is 9.95. The average Bonchev–Trinajstić information content (AvgIpc) is 2.89. The van der Waals surface area contributed by atoms with Crippen LogP contribution in [0.3, 0.4) is 0 Å². The SMILES string of the molecule is O=C(O)c1nn(C2CCS(=O)(=O)C2)c2c1CCCC2. The largest absolute Gasteiger partial charge is 0.476 e. The summed E-state index contributed by atoms with van der Waals surface area (Å²) in [7, 11) is -2.99. The molecule has 1 aliphatic carbocycles. The van der Waals surface area contributed by atoms with E-state index in [9.17, 15) is 18.3 Å². The Hall–Kier alpha value is -1.37. The molecule has 0 aromatic carbocycles. The Labute approximate surface area is 111 Å². The third-order valence-corrected chi connectivity index (χ3v) is 5.72. The standard InChI is InChI=1S/C12H16N2O4S/c15-12(16)11-9-3-1-2-4-10(9)14(13-11)8-5-6-19(17,18)7-8/h8H,1-7H2,(H,15,16). The second-order valence-corrected chi connectivity index (χ2v) is 7.52. The average molecular weight is 284 g/mol. The molecular weight excluding hydrogens is 268 g/mol. The lowest BCUT2D eigenvalue weighted by molar-refractivity contribution is 0.0688. The van der Waals surface area contributed by atoms with Crippen LogP contribution in [0.5, 0.6) is 0 Å². The van der Waals surface area contributed by atoms with E-state index in [2.05, 4.69) is 5.10 Å². The number of carboxylic acid groups (broad SMARTS) is 1. The molecule has 7 heteroatoms. The van der Waals surface area contributed by atoms with E-state index < -0.39 is 15.8 Å². The monoisotopic (exact) mass is 284 g/mol. The summed E-state index contributed by atoms with van der Waals surface area (Å²) >= 11 is 0. The Morgan fingerprint density at radius 1 is 1.32 bits per heavy atom. The Kier molecular flexibility index (Phi) is 2.88. The first-order valence-corrected chi connectivity index (χ1v) is 8.34. The summed E-state index contributed by atoms with van der Waals surface area (Å²) in [5, 5.41) is 13.4. The van der Waals surface area contributed by atoms with E-state index in [4.69, 9.17) is 0 Å². The third kappa shape index (κ3) is 2.16. The fourth-order valence-corrected chi connectivity index (χ4v) is 4.76. The normalized spacial score (nSPS) is 25.2.